The topological polar surface area (TPSA) is 56.0 Å². The number of allylic oxidation sites excluding steroid dienone is 1. The average Bonchev–Trinajstić information content (AvgIpc) is 3.39. The SMILES string of the molecule is C1=C(c2ccn3nccc3c2)c2cnc(-c3ccc4ncccc4c3)nc2C1. The summed E-state index contributed by atoms with van der Waals surface area (Å²) in [6.07, 6.45) is 10.6. The lowest BCUT2D eigenvalue weighted by molar-refractivity contribution is 0.960. The molecule has 1 aromatic carbocycles. The lowest BCUT2D eigenvalue weighted by Gasteiger charge is -2.08. The van der Waals surface area contributed by atoms with Crippen LogP contribution in [0.15, 0.2) is 79.4 Å². The van der Waals surface area contributed by atoms with Crippen molar-refractivity contribution in [3.05, 3.63) is 96.2 Å². The van der Waals surface area contributed by atoms with Crippen LogP contribution in [0.1, 0.15) is 16.8 Å². The minimum Gasteiger partial charge on any atom is -0.256 e. The van der Waals surface area contributed by atoms with Gasteiger partial charge >= 0.3 is 0 Å². The smallest absolute Gasteiger partial charge is 0.159 e. The van der Waals surface area contributed by atoms with Gasteiger partial charge in [0.15, 0.2) is 5.82 Å². The van der Waals surface area contributed by atoms with Gasteiger partial charge in [0.05, 0.1) is 16.7 Å². The average molecular weight is 361 g/mol. The minimum absolute atomic E-state index is 0.755. The van der Waals surface area contributed by atoms with Crippen molar-refractivity contribution < 1.29 is 0 Å². The van der Waals surface area contributed by atoms with E-state index in [1.165, 1.54) is 11.1 Å². The van der Waals surface area contributed by atoms with Crippen molar-refractivity contribution in [2.24, 2.45) is 0 Å². The highest BCUT2D eigenvalue weighted by molar-refractivity contribution is 5.86. The van der Waals surface area contributed by atoms with Crippen molar-refractivity contribution in [1.29, 1.82) is 0 Å². The van der Waals surface area contributed by atoms with Crippen molar-refractivity contribution in [2.45, 2.75) is 6.42 Å². The van der Waals surface area contributed by atoms with E-state index < -0.39 is 0 Å². The number of rotatable bonds is 2. The molecule has 0 amide bonds. The molecule has 1 aliphatic carbocycles. The Kier molecular flexibility index (Phi) is 3.17. The van der Waals surface area contributed by atoms with Crippen molar-refractivity contribution in [1.82, 2.24) is 24.6 Å². The summed E-state index contributed by atoms with van der Waals surface area (Å²) < 4.78 is 1.87. The van der Waals surface area contributed by atoms with Crippen LogP contribution in [0.4, 0.5) is 0 Å². The molecule has 0 atom stereocenters. The third kappa shape index (κ3) is 2.33. The molecule has 0 unspecified atom stereocenters. The summed E-state index contributed by atoms with van der Waals surface area (Å²) in [5.74, 6) is 0.755. The molecule has 0 fully saturated rings. The molecule has 5 aromatic rings. The Balaban J connectivity index is 1.40. The largest absolute Gasteiger partial charge is 0.256 e. The Morgan fingerprint density at radius 2 is 1.89 bits per heavy atom. The Morgan fingerprint density at radius 3 is 2.89 bits per heavy atom. The summed E-state index contributed by atoms with van der Waals surface area (Å²) in [4.78, 5) is 13.9. The van der Waals surface area contributed by atoms with Gasteiger partial charge in [-0.15, -0.1) is 0 Å². The van der Waals surface area contributed by atoms with Gasteiger partial charge in [0.25, 0.3) is 0 Å². The Labute approximate surface area is 161 Å². The van der Waals surface area contributed by atoms with E-state index >= 15 is 0 Å². The van der Waals surface area contributed by atoms with Crippen LogP contribution in [-0.2, 0) is 6.42 Å². The van der Waals surface area contributed by atoms with Gasteiger partial charge in [-0.05, 0) is 53.6 Å². The number of fused-ring (bicyclic) bond motifs is 3. The van der Waals surface area contributed by atoms with Crippen molar-refractivity contribution in [3.8, 4) is 11.4 Å². The third-order valence-electron chi connectivity index (χ3n) is 5.23. The molecule has 6 rings (SSSR count). The molecular weight excluding hydrogens is 346 g/mol. The number of aromatic nitrogens is 5. The fourth-order valence-electron chi connectivity index (χ4n) is 3.82. The molecule has 5 nitrogen and oxygen atoms in total. The van der Waals surface area contributed by atoms with Crippen LogP contribution >= 0.6 is 0 Å². The maximum atomic E-state index is 4.86. The van der Waals surface area contributed by atoms with Gasteiger partial charge in [-0.3, -0.25) is 4.98 Å². The lowest BCUT2D eigenvalue weighted by Crippen LogP contribution is -1.97. The summed E-state index contributed by atoms with van der Waals surface area (Å²) in [6, 6.07) is 16.4. The van der Waals surface area contributed by atoms with E-state index in [9.17, 15) is 0 Å². The van der Waals surface area contributed by atoms with E-state index in [2.05, 4.69) is 45.4 Å². The second-order valence-electron chi connectivity index (χ2n) is 6.90. The highest BCUT2D eigenvalue weighted by atomic mass is 15.2. The fourth-order valence-corrected chi connectivity index (χ4v) is 3.82. The summed E-state index contributed by atoms with van der Waals surface area (Å²) >= 11 is 0. The second-order valence-corrected chi connectivity index (χ2v) is 6.90. The highest BCUT2D eigenvalue weighted by Crippen LogP contribution is 2.33. The van der Waals surface area contributed by atoms with Gasteiger partial charge in [0, 0.05) is 47.7 Å². The molecule has 132 valence electrons. The van der Waals surface area contributed by atoms with Crippen LogP contribution in [0.5, 0.6) is 0 Å². The van der Waals surface area contributed by atoms with E-state index in [4.69, 9.17) is 4.98 Å². The second kappa shape index (κ2) is 5.82. The number of pyridine rings is 2. The molecule has 5 heteroatoms. The summed E-state index contributed by atoms with van der Waals surface area (Å²) in [6.45, 7) is 0. The zero-order chi connectivity index (χ0) is 18.5. The zero-order valence-electron chi connectivity index (χ0n) is 14.9. The molecule has 0 aliphatic heterocycles. The Hall–Kier alpha value is -3.86. The van der Waals surface area contributed by atoms with Crippen LogP contribution in [0.25, 0.3) is 33.4 Å². The molecule has 4 aromatic heterocycles. The molecule has 28 heavy (non-hydrogen) atoms. The highest BCUT2D eigenvalue weighted by Gasteiger charge is 2.19. The van der Waals surface area contributed by atoms with Crippen molar-refractivity contribution in [2.75, 3.05) is 0 Å². The van der Waals surface area contributed by atoms with Gasteiger partial charge in [-0.25, -0.2) is 14.5 Å². The molecular formula is C23H15N5. The van der Waals surface area contributed by atoms with E-state index in [-0.39, 0.29) is 0 Å². The number of hydrogen-bond donors (Lipinski definition) is 0. The normalized spacial score (nSPS) is 13.1. The van der Waals surface area contributed by atoms with Gasteiger partial charge in [0.2, 0.25) is 0 Å². The van der Waals surface area contributed by atoms with Gasteiger partial charge < -0.3 is 0 Å². The first-order valence-electron chi connectivity index (χ1n) is 9.20. The van der Waals surface area contributed by atoms with Crippen LogP contribution in [0.2, 0.25) is 0 Å². The minimum atomic E-state index is 0.755. The van der Waals surface area contributed by atoms with Crippen LogP contribution < -0.4 is 0 Å². The van der Waals surface area contributed by atoms with E-state index in [1.807, 2.05) is 53.6 Å². The maximum Gasteiger partial charge on any atom is 0.159 e. The van der Waals surface area contributed by atoms with E-state index in [1.54, 1.807) is 0 Å². The van der Waals surface area contributed by atoms with Gasteiger partial charge in [-0.1, -0.05) is 12.1 Å². The molecule has 0 spiro atoms. The van der Waals surface area contributed by atoms with Crippen LogP contribution in [0, 0.1) is 0 Å². The summed E-state index contributed by atoms with van der Waals surface area (Å²) in [5.41, 5.74) is 7.60. The van der Waals surface area contributed by atoms with Crippen LogP contribution in [0.3, 0.4) is 0 Å². The van der Waals surface area contributed by atoms with Gasteiger partial charge in [-0.2, -0.15) is 5.10 Å². The van der Waals surface area contributed by atoms with E-state index in [0.717, 1.165) is 45.5 Å². The Morgan fingerprint density at radius 1 is 0.893 bits per heavy atom. The predicted molar refractivity (Wildman–Crippen MR) is 109 cm³/mol. The molecule has 0 radical (unpaired) electrons. The third-order valence-corrected chi connectivity index (χ3v) is 5.23. The first-order chi connectivity index (χ1) is 13.8. The maximum absolute atomic E-state index is 4.86. The molecule has 1 aliphatic rings. The zero-order valence-corrected chi connectivity index (χ0v) is 14.9. The monoisotopic (exact) mass is 361 g/mol. The molecule has 0 N–H and O–H groups in total. The summed E-state index contributed by atoms with van der Waals surface area (Å²) in [5, 5.41) is 5.36. The number of hydrogen-bond acceptors (Lipinski definition) is 4. The molecule has 4 heterocycles. The van der Waals surface area contributed by atoms with E-state index in [0.29, 0.717) is 0 Å². The van der Waals surface area contributed by atoms with Crippen molar-refractivity contribution in [3.63, 3.8) is 0 Å². The Bertz CT molecular complexity index is 1400. The fraction of sp³-hybridized carbons (Fsp3) is 0.0435. The number of benzene rings is 1. The van der Waals surface area contributed by atoms with Crippen LogP contribution in [-0.4, -0.2) is 24.6 Å². The number of nitrogens with zero attached hydrogens (tertiary/aromatic N) is 5. The summed E-state index contributed by atoms with van der Waals surface area (Å²) in [7, 11) is 0. The van der Waals surface area contributed by atoms with Gasteiger partial charge in [0.1, 0.15) is 0 Å². The molecule has 0 bridgehead atoms. The predicted octanol–water partition coefficient (Wildman–Crippen LogP) is 4.33. The molecule has 0 saturated carbocycles. The first-order valence-corrected chi connectivity index (χ1v) is 9.20. The lowest BCUT2D eigenvalue weighted by atomic mass is 10.0. The van der Waals surface area contributed by atoms with Crippen molar-refractivity contribution >= 4 is 22.0 Å². The quantitative estimate of drug-likeness (QED) is 0.470. The molecule has 0 saturated heterocycles. The standard InChI is InChI=1S/C23H15N5/c1-2-16-12-17(3-5-21(16)24-9-1)23-25-14-20-19(4-6-22(20)27-23)15-8-11-28-18(13-15)7-10-26-28/h1-5,7-14H,6H2. The first kappa shape index (κ1) is 15.2.